The van der Waals surface area contributed by atoms with Crippen molar-refractivity contribution in [2.24, 2.45) is 5.41 Å². The molecule has 1 saturated heterocycles. The maximum atomic E-state index is 13.6. The van der Waals surface area contributed by atoms with E-state index in [0.717, 1.165) is 6.42 Å². The zero-order valence-electron chi connectivity index (χ0n) is 10.2. The van der Waals surface area contributed by atoms with Crippen molar-refractivity contribution in [2.45, 2.75) is 20.3 Å². The average Bonchev–Trinajstić information content (AvgIpc) is 2.58. The number of hydrogen-bond donors (Lipinski definition) is 1. The zero-order chi connectivity index (χ0) is 12.6. The molecule has 0 saturated carbocycles. The number of likely N-dealkylation sites (tertiary alicyclic amines) is 1. The van der Waals surface area contributed by atoms with Crippen LogP contribution in [-0.4, -0.2) is 23.9 Å². The SMILES string of the molecule is CC1(C)CCN(C(=O)c2ccc(N)cc2F)C1. The first-order chi connectivity index (χ1) is 7.89. The molecule has 92 valence electrons. The number of nitrogens with zero attached hydrogens (tertiary/aromatic N) is 1. The van der Waals surface area contributed by atoms with Crippen LogP contribution in [0.3, 0.4) is 0 Å². The van der Waals surface area contributed by atoms with Crippen LogP contribution in [0.25, 0.3) is 0 Å². The van der Waals surface area contributed by atoms with Crippen molar-refractivity contribution in [1.29, 1.82) is 0 Å². The molecule has 1 heterocycles. The van der Waals surface area contributed by atoms with E-state index in [2.05, 4.69) is 13.8 Å². The number of amides is 1. The van der Waals surface area contributed by atoms with Gasteiger partial charge in [0.05, 0.1) is 5.56 Å². The lowest BCUT2D eigenvalue weighted by molar-refractivity contribution is 0.0773. The largest absolute Gasteiger partial charge is 0.399 e. The number of halogens is 1. The Balaban J connectivity index is 2.21. The topological polar surface area (TPSA) is 46.3 Å². The van der Waals surface area contributed by atoms with Gasteiger partial charge in [0, 0.05) is 18.8 Å². The third-order valence-electron chi connectivity index (χ3n) is 3.19. The van der Waals surface area contributed by atoms with E-state index in [0.29, 0.717) is 18.8 Å². The average molecular weight is 236 g/mol. The van der Waals surface area contributed by atoms with Gasteiger partial charge in [0.1, 0.15) is 5.82 Å². The predicted octanol–water partition coefficient (Wildman–Crippen LogP) is 2.28. The second-order valence-corrected chi connectivity index (χ2v) is 5.38. The number of benzene rings is 1. The molecule has 0 radical (unpaired) electrons. The summed E-state index contributed by atoms with van der Waals surface area (Å²) in [6.45, 7) is 5.59. The highest BCUT2D eigenvalue weighted by Gasteiger charge is 2.33. The Morgan fingerprint density at radius 3 is 2.71 bits per heavy atom. The van der Waals surface area contributed by atoms with Crippen molar-refractivity contribution in [1.82, 2.24) is 4.90 Å². The number of anilines is 1. The molecule has 1 fully saturated rings. The van der Waals surface area contributed by atoms with E-state index in [1.54, 1.807) is 11.0 Å². The zero-order valence-corrected chi connectivity index (χ0v) is 10.2. The van der Waals surface area contributed by atoms with Crippen molar-refractivity contribution in [3.63, 3.8) is 0 Å². The normalized spacial score (nSPS) is 18.4. The molecule has 1 aromatic rings. The Labute approximate surface area is 100 Å². The van der Waals surface area contributed by atoms with E-state index < -0.39 is 5.82 Å². The Morgan fingerprint density at radius 1 is 1.47 bits per heavy atom. The molecule has 1 aliphatic heterocycles. The summed E-state index contributed by atoms with van der Waals surface area (Å²) >= 11 is 0. The molecule has 1 aromatic carbocycles. The quantitative estimate of drug-likeness (QED) is 0.760. The maximum absolute atomic E-state index is 13.6. The fourth-order valence-electron chi connectivity index (χ4n) is 2.16. The molecule has 2 N–H and O–H groups in total. The molecule has 0 aromatic heterocycles. The molecular weight excluding hydrogens is 219 g/mol. The molecule has 2 rings (SSSR count). The van der Waals surface area contributed by atoms with Gasteiger partial charge in [0.2, 0.25) is 0 Å². The highest BCUT2D eigenvalue weighted by molar-refractivity contribution is 5.95. The van der Waals surface area contributed by atoms with Crippen LogP contribution >= 0.6 is 0 Å². The lowest BCUT2D eigenvalue weighted by atomic mass is 9.93. The van der Waals surface area contributed by atoms with Gasteiger partial charge in [-0.2, -0.15) is 0 Å². The van der Waals surface area contributed by atoms with E-state index in [9.17, 15) is 9.18 Å². The Kier molecular flexibility index (Phi) is 2.81. The van der Waals surface area contributed by atoms with Crippen LogP contribution < -0.4 is 5.73 Å². The van der Waals surface area contributed by atoms with E-state index in [-0.39, 0.29) is 16.9 Å². The minimum atomic E-state index is -0.542. The summed E-state index contributed by atoms with van der Waals surface area (Å²) in [6, 6.07) is 4.20. The summed E-state index contributed by atoms with van der Waals surface area (Å²) in [5.74, 6) is -0.784. The fourth-order valence-corrected chi connectivity index (χ4v) is 2.16. The monoisotopic (exact) mass is 236 g/mol. The smallest absolute Gasteiger partial charge is 0.256 e. The van der Waals surface area contributed by atoms with Gasteiger partial charge >= 0.3 is 0 Å². The van der Waals surface area contributed by atoms with Crippen LogP contribution in [0.15, 0.2) is 18.2 Å². The van der Waals surface area contributed by atoms with Crippen molar-refractivity contribution in [3.8, 4) is 0 Å². The van der Waals surface area contributed by atoms with Crippen molar-refractivity contribution >= 4 is 11.6 Å². The minimum Gasteiger partial charge on any atom is -0.399 e. The summed E-state index contributed by atoms with van der Waals surface area (Å²) in [6.07, 6.45) is 0.954. The standard InChI is InChI=1S/C13H17FN2O/c1-13(2)5-6-16(8-13)12(17)10-4-3-9(15)7-11(10)14/h3-4,7H,5-6,8,15H2,1-2H3. The van der Waals surface area contributed by atoms with Gasteiger partial charge in [-0.05, 0) is 30.0 Å². The summed E-state index contributed by atoms with van der Waals surface area (Å²) in [5, 5.41) is 0. The van der Waals surface area contributed by atoms with E-state index >= 15 is 0 Å². The number of nitrogen functional groups attached to an aromatic ring is 1. The van der Waals surface area contributed by atoms with E-state index in [1.807, 2.05) is 0 Å². The molecule has 4 heteroatoms. The van der Waals surface area contributed by atoms with Gasteiger partial charge < -0.3 is 10.6 Å². The van der Waals surface area contributed by atoms with Crippen LogP contribution in [0.2, 0.25) is 0 Å². The summed E-state index contributed by atoms with van der Waals surface area (Å²) in [5.41, 5.74) is 6.03. The number of nitrogens with two attached hydrogens (primary N) is 1. The summed E-state index contributed by atoms with van der Waals surface area (Å²) in [4.78, 5) is 13.8. The molecule has 0 unspecified atom stereocenters. The molecule has 3 nitrogen and oxygen atoms in total. The molecule has 1 aliphatic rings. The minimum absolute atomic E-state index is 0.108. The third-order valence-corrected chi connectivity index (χ3v) is 3.19. The highest BCUT2D eigenvalue weighted by Crippen LogP contribution is 2.30. The number of hydrogen-bond acceptors (Lipinski definition) is 2. The number of carbonyl (C=O) groups is 1. The van der Waals surface area contributed by atoms with Crippen molar-refractivity contribution < 1.29 is 9.18 Å². The summed E-state index contributed by atoms with van der Waals surface area (Å²) < 4.78 is 13.6. The van der Waals surface area contributed by atoms with Crippen molar-refractivity contribution in [3.05, 3.63) is 29.6 Å². The van der Waals surface area contributed by atoms with E-state index in [4.69, 9.17) is 5.73 Å². The van der Waals surface area contributed by atoms with Gasteiger partial charge in [0.25, 0.3) is 5.91 Å². The first-order valence-electron chi connectivity index (χ1n) is 5.73. The highest BCUT2D eigenvalue weighted by atomic mass is 19.1. The molecule has 17 heavy (non-hydrogen) atoms. The van der Waals surface area contributed by atoms with Gasteiger partial charge in [-0.15, -0.1) is 0 Å². The number of carbonyl (C=O) groups excluding carboxylic acids is 1. The van der Waals surface area contributed by atoms with Gasteiger partial charge in [-0.3, -0.25) is 4.79 Å². The van der Waals surface area contributed by atoms with Crippen LogP contribution in [0.4, 0.5) is 10.1 Å². The molecule has 0 spiro atoms. The number of rotatable bonds is 1. The molecule has 0 atom stereocenters. The molecule has 0 bridgehead atoms. The summed E-state index contributed by atoms with van der Waals surface area (Å²) in [7, 11) is 0. The third kappa shape index (κ3) is 2.40. The predicted molar refractivity (Wildman–Crippen MR) is 65.1 cm³/mol. The van der Waals surface area contributed by atoms with Gasteiger partial charge in [-0.1, -0.05) is 13.8 Å². The molecular formula is C13H17FN2O. The lowest BCUT2D eigenvalue weighted by Gasteiger charge is -2.20. The fraction of sp³-hybridized carbons (Fsp3) is 0.462. The van der Waals surface area contributed by atoms with E-state index in [1.165, 1.54) is 12.1 Å². The van der Waals surface area contributed by atoms with Gasteiger partial charge in [-0.25, -0.2) is 4.39 Å². The molecule has 1 amide bonds. The lowest BCUT2D eigenvalue weighted by Crippen LogP contribution is -2.30. The van der Waals surface area contributed by atoms with Gasteiger partial charge in [0.15, 0.2) is 0 Å². The Bertz CT molecular complexity index is 457. The Hall–Kier alpha value is -1.58. The Morgan fingerprint density at radius 2 is 2.18 bits per heavy atom. The first kappa shape index (κ1) is 11.9. The maximum Gasteiger partial charge on any atom is 0.256 e. The molecule has 0 aliphatic carbocycles. The van der Waals surface area contributed by atoms with Crippen LogP contribution in [-0.2, 0) is 0 Å². The van der Waals surface area contributed by atoms with Crippen LogP contribution in [0, 0.1) is 11.2 Å². The van der Waals surface area contributed by atoms with Crippen LogP contribution in [0.1, 0.15) is 30.6 Å². The van der Waals surface area contributed by atoms with Crippen molar-refractivity contribution in [2.75, 3.05) is 18.8 Å². The van der Waals surface area contributed by atoms with Crippen LogP contribution in [0.5, 0.6) is 0 Å². The first-order valence-corrected chi connectivity index (χ1v) is 5.73. The second kappa shape index (κ2) is 4.02. The second-order valence-electron chi connectivity index (χ2n) is 5.38.